The number of nitrogens with two attached hydrogens (primary N) is 1. The fourth-order valence-electron chi connectivity index (χ4n) is 3.58. The van der Waals surface area contributed by atoms with Gasteiger partial charge in [-0.05, 0) is 38.0 Å². The summed E-state index contributed by atoms with van der Waals surface area (Å²) in [6, 6.07) is 6.76. The molecular formula is C16H25FN2O. The molecule has 1 saturated carbocycles. The Balaban J connectivity index is 2.40. The molecule has 0 saturated heterocycles. The molecule has 0 spiro atoms. The summed E-state index contributed by atoms with van der Waals surface area (Å²) >= 11 is 0. The number of methoxy groups -OCH3 is 1. The minimum atomic E-state index is -0.227. The van der Waals surface area contributed by atoms with Crippen molar-refractivity contribution in [2.45, 2.75) is 44.2 Å². The van der Waals surface area contributed by atoms with E-state index in [0.29, 0.717) is 6.54 Å². The van der Waals surface area contributed by atoms with Crippen molar-refractivity contribution >= 4 is 5.69 Å². The van der Waals surface area contributed by atoms with Crippen LogP contribution in [-0.2, 0) is 4.74 Å². The van der Waals surface area contributed by atoms with Crippen LogP contribution in [0.25, 0.3) is 0 Å². The van der Waals surface area contributed by atoms with Crippen molar-refractivity contribution in [3.63, 3.8) is 0 Å². The molecule has 0 amide bonds. The smallest absolute Gasteiger partial charge is 0.125 e. The Labute approximate surface area is 120 Å². The van der Waals surface area contributed by atoms with Gasteiger partial charge in [-0.15, -0.1) is 0 Å². The van der Waals surface area contributed by atoms with E-state index in [0.717, 1.165) is 31.5 Å². The van der Waals surface area contributed by atoms with Crippen molar-refractivity contribution in [3.05, 3.63) is 30.1 Å². The molecule has 1 aliphatic rings. The van der Waals surface area contributed by atoms with Gasteiger partial charge in [0.05, 0.1) is 11.6 Å². The number of rotatable bonds is 5. The van der Waals surface area contributed by atoms with Gasteiger partial charge in [-0.25, -0.2) is 4.39 Å². The molecule has 0 radical (unpaired) electrons. The van der Waals surface area contributed by atoms with Crippen LogP contribution in [0.2, 0.25) is 0 Å². The Morgan fingerprint density at radius 1 is 1.45 bits per heavy atom. The molecule has 20 heavy (non-hydrogen) atoms. The van der Waals surface area contributed by atoms with E-state index in [1.54, 1.807) is 19.2 Å². The molecular weight excluding hydrogens is 255 g/mol. The quantitative estimate of drug-likeness (QED) is 0.901. The third-order valence-corrected chi connectivity index (χ3v) is 4.54. The van der Waals surface area contributed by atoms with Crippen molar-refractivity contribution in [2.24, 2.45) is 5.73 Å². The molecule has 1 aromatic carbocycles. The first-order valence-corrected chi connectivity index (χ1v) is 7.44. The number of halogens is 1. The Morgan fingerprint density at radius 2 is 2.25 bits per heavy atom. The van der Waals surface area contributed by atoms with Gasteiger partial charge in [-0.1, -0.05) is 18.9 Å². The highest BCUT2D eigenvalue weighted by atomic mass is 19.1. The number of ether oxygens (including phenoxy) is 1. The molecule has 2 rings (SSSR count). The third kappa shape index (κ3) is 2.67. The van der Waals surface area contributed by atoms with Crippen LogP contribution in [0.3, 0.4) is 0 Å². The summed E-state index contributed by atoms with van der Waals surface area (Å²) in [6.07, 6.45) is 4.42. The van der Waals surface area contributed by atoms with Gasteiger partial charge in [0.25, 0.3) is 0 Å². The fraction of sp³-hybridized carbons (Fsp3) is 0.625. The van der Waals surface area contributed by atoms with Gasteiger partial charge in [0.2, 0.25) is 0 Å². The first-order valence-electron chi connectivity index (χ1n) is 7.44. The van der Waals surface area contributed by atoms with Crippen molar-refractivity contribution in [3.8, 4) is 0 Å². The summed E-state index contributed by atoms with van der Waals surface area (Å²) in [5.74, 6) is -0.210. The molecule has 0 aliphatic heterocycles. The molecule has 4 heteroatoms. The van der Waals surface area contributed by atoms with Crippen LogP contribution < -0.4 is 10.6 Å². The average molecular weight is 280 g/mol. The highest BCUT2D eigenvalue weighted by Crippen LogP contribution is 2.37. The summed E-state index contributed by atoms with van der Waals surface area (Å²) in [4.78, 5) is 2.23. The van der Waals surface area contributed by atoms with Gasteiger partial charge in [0.1, 0.15) is 5.82 Å². The standard InChI is InChI=1S/C16H25FN2O/c1-3-19(14-8-6-7-13(17)11-14)16(12-18)10-5-4-9-15(16)20-2/h6-8,11,15H,3-5,9-10,12,18H2,1-2H3. The lowest BCUT2D eigenvalue weighted by molar-refractivity contribution is 0.00594. The highest BCUT2D eigenvalue weighted by Gasteiger charge is 2.44. The topological polar surface area (TPSA) is 38.5 Å². The Hall–Kier alpha value is -1.13. The molecule has 2 atom stereocenters. The van der Waals surface area contributed by atoms with Crippen LogP contribution in [-0.4, -0.2) is 31.8 Å². The van der Waals surface area contributed by atoms with E-state index < -0.39 is 0 Å². The summed E-state index contributed by atoms with van der Waals surface area (Å²) in [7, 11) is 1.75. The molecule has 2 N–H and O–H groups in total. The van der Waals surface area contributed by atoms with Gasteiger partial charge >= 0.3 is 0 Å². The zero-order valence-corrected chi connectivity index (χ0v) is 12.4. The number of hydrogen-bond acceptors (Lipinski definition) is 3. The zero-order chi connectivity index (χ0) is 14.6. The Morgan fingerprint density at radius 3 is 2.85 bits per heavy atom. The van der Waals surface area contributed by atoms with E-state index in [1.807, 2.05) is 6.07 Å². The first kappa shape index (κ1) is 15.3. The lowest BCUT2D eigenvalue weighted by Crippen LogP contribution is -2.63. The van der Waals surface area contributed by atoms with E-state index >= 15 is 0 Å². The van der Waals surface area contributed by atoms with Crippen LogP contribution >= 0.6 is 0 Å². The normalized spacial score (nSPS) is 26.5. The van der Waals surface area contributed by atoms with E-state index in [-0.39, 0.29) is 17.5 Å². The van der Waals surface area contributed by atoms with Gasteiger partial charge < -0.3 is 15.4 Å². The SMILES string of the molecule is CCN(c1cccc(F)c1)C1(CN)CCCCC1OC. The minimum Gasteiger partial charge on any atom is -0.379 e. The van der Waals surface area contributed by atoms with Crippen molar-refractivity contribution in [2.75, 3.05) is 25.1 Å². The number of hydrogen-bond donors (Lipinski definition) is 1. The van der Waals surface area contributed by atoms with E-state index in [1.165, 1.54) is 12.5 Å². The summed E-state index contributed by atoms with van der Waals surface area (Å²) in [6.45, 7) is 3.40. The molecule has 0 bridgehead atoms. The van der Waals surface area contributed by atoms with Crippen LogP contribution in [0.5, 0.6) is 0 Å². The molecule has 112 valence electrons. The molecule has 2 unspecified atom stereocenters. The maximum absolute atomic E-state index is 13.5. The van der Waals surface area contributed by atoms with E-state index in [9.17, 15) is 4.39 Å². The molecule has 1 fully saturated rings. The predicted molar refractivity (Wildman–Crippen MR) is 80.5 cm³/mol. The molecule has 1 aliphatic carbocycles. The van der Waals surface area contributed by atoms with Crippen LogP contribution in [0, 0.1) is 5.82 Å². The zero-order valence-electron chi connectivity index (χ0n) is 12.4. The Kier molecular flexibility index (Phi) is 5.00. The maximum atomic E-state index is 13.5. The predicted octanol–water partition coefficient (Wildman–Crippen LogP) is 2.94. The van der Waals surface area contributed by atoms with Gasteiger partial charge in [0, 0.05) is 25.9 Å². The van der Waals surface area contributed by atoms with Crippen LogP contribution in [0.15, 0.2) is 24.3 Å². The lowest BCUT2D eigenvalue weighted by atomic mass is 9.77. The van der Waals surface area contributed by atoms with E-state index in [4.69, 9.17) is 10.5 Å². The van der Waals surface area contributed by atoms with Gasteiger partial charge in [-0.3, -0.25) is 0 Å². The number of benzene rings is 1. The lowest BCUT2D eigenvalue weighted by Gasteiger charge is -2.51. The van der Waals surface area contributed by atoms with E-state index in [2.05, 4.69) is 11.8 Å². The molecule has 3 nitrogen and oxygen atoms in total. The Bertz CT molecular complexity index is 440. The van der Waals surface area contributed by atoms with Crippen molar-refractivity contribution < 1.29 is 9.13 Å². The summed E-state index contributed by atoms with van der Waals surface area (Å²) in [5.41, 5.74) is 6.80. The third-order valence-electron chi connectivity index (χ3n) is 4.54. The number of anilines is 1. The minimum absolute atomic E-state index is 0.101. The average Bonchev–Trinajstić information content (AvgIpc) is 2.48. The first-order chi connectivity index (χ1) is 9.67. The van der Waals surface area contributed by atoms with Crippen molar-refractivity contribution in [1.82, 2.24) is 0 Å². The van der Waals surface area contributed by atoms with Gasteiger partial charge in [-0.2, -0.15) is 0 Å². The summed E-state index contributed by atoms with van der Waals surface area (Å²) in [5, 5.41) is 0. The molecule has 0 heterocycles. The van der Waals surface area contributed by atoms with Gasteiger partial charge in [0.15, 0.2) is 0 Å². The second-order valence-electron chi connectivity index (χ2n) is 5.50. The second kappa shape index (κ2) is 6.55. The summed E-state index contributed by atoms with van der Waals surface area (Å²) < 4.78 is 19.3. The molecule has 1 aromatic rings. The second-order valence-corrected chi connectivity index (χ2v) is 5.50. The highest BCUT2D eigenvalue weighted by molar-refractivity contribution is 5.50. The number of likely N-dealkylation sites (N-methyl/N-ethyl adjacent to an activating group) is 1. The van der Waals surface area contributed by atoms with Crippen LogP contribution in [0.4, 0.5) is 10.1 Å². The fourth-order valence-corrected chi connectivity index (χ4v) is 3.58. The largest absolute Gasteiger partial charge is 0.379 e. The monoisotopic (exact) mass is 280 g/mol. The maximum Gasteiger partial charge on any atom is 0.125 e. The molecule has 0 aromatic heterocycles. The number of nitrogens with zero attached hydrogens (tertiary/aromatic N) is 1. The van der Waals surface area contributed by atoms with Crippen molar-refractivity contribution in [1.29, 1.82) is 0 Å². The van der Waals surface area contributed by atoms with Crippen LogP contribution in [0.1, 0.15) is 32.6 Å².